The lowest BCUT2D eigenvalue weighted by Crippen LogP contribution is -2.22. The highest BCUT2D eigenvalue weighted by Crippen LogP contribution is 2.36. The summed E-state index contributed by atoms with van der Waals surface area (Å²) in [5.74, 6) is -5.24. The zero-order valence-electron chi connectivity index (χ0n) is 21.1. The number of aryl methyl sites for hydroxylation is 2. The molecule has 4 rings (SSSR count). The standard InChI is InChI=1S/C30H31F5O2/c1-3-5-18-7-11-23(24(31)16-18)25-14-8-19(17-37-25)6-9-20-10-12-21(28(33)27(20)32)22-13-15-26(36-4-2)30(35)29(22)34/h7,10-13,15-16,19,25H,3-6,8-9,14,17H2,1-2H3. The third kappa shape index (κ3) is 5.98. The van der Waals surface area contributed by atoms with Gasteiger partial charge in [-0.25, -0.2) is 17.6 Å². The summed E-state index contributed by atoms with van der Waals surface area (Å²) >= 11 is 0. The van der Waals surface area contributed by atoms with E-state index in [1.54, 1.807) is 19.1 Å². The quantitative estimate of drug-likeness (QED) is 0.265. The van der Waals surface area contributed by atoms with E-state index in [0.717, 1.165) is 24.8 Å². The summed E-state index contributed by atoms with van der Waals surface area (Å²) in [6.45, 7) is 4.22. The van der Waals surface area contributed by atoms with Gasteiger partial charge in [0.25, 0.3) is 0 Å². The molecule has 0 N–H and O–H groups in total. The predicted octanol–water partition coefficient (Wildman–Crippen LogP) is 8.50. The molecule has 1 aliphatic rings. The third-order valence-corrected chi connectivity index (χ3v) is 6.94. The summed E-state index contributed by atoms with van der Waals surface area (Å²) in [7, 11) is 0. The van der Waals surface area contributed by atoms with Crippen molar-refractivity contribution >= 4 is 0 Å². The highest BCUT2D eigenvalue weighted by atomic mass is 19.2. The monoisotopic (exact) mass is 518 g/mol. The highest BCUT2D eigenvalue weighted by Gasteiger charge is 2.26. The number of ether oxygens (including phenoxy) is 2. The molecule has 198 valence electrons. The fourth-order valence-electron chi connectivity index (χ4n) is 4.91. The van der Waals surface area contributed by atoms with E-state index in [-0.39, 0.29) is 53.3 Å². The second-order valence-corrected chi connectivity index (χ2v) is 9.48. The molecule has 1 heterocycles. The van der Waals surface area contributed by atoms with E-state index >= 15 is 0 Å². The van der Waals surface area contributed by atoms with Crippen LogP contribution in [0.1, 0.15) is 62.3 Å². The molecule has 0 aromatic heterocycles. The Bertz CT molecular complexity index is 1240. The molecule has 3 aromatic rings. The van der Waals surface area contributed by atoms with Crippen LogP contribution in [0.5, 0.6) is 5.75 Å². The first-order valence-electron chi connectivity index (χ1n) is 12.8. The molecule has 1 fully saturated rings. The van der Waals surface area contributed by atoms with E-state index in [0.29, 0.717) is 25.0 Å². The number of halogens is 5. The van der Waals surface area contributed by atoms with Gasteiger partial charge in [0.2, 0.25) is 5.82 Å². The van der Waals surface area contributed by atoms with Crippen molar-refractivity contribution in [1.82, 2.24) is 0 Å². The lowest BCUT2D eigenvalue weighted by atomic mass is 9.89. The number of hydrogen-bond acceptors (Lipinski definition) is 2. The maximum atomic E-state index is 14.9. The lowest BCUT2D eigenvalue weighted by molar-refractivity contribution is -0.0209. The average Bonchev–Trinajstić information content (AvgIpc) is 2.89. The summed E-state index contributed by atoms with van der Waals surface area (Å²) < 4.78 is 84.0. The molecular formula is C30H31F5O2. The van der Waals surface area contributed by atoms with Crippen LogP contribution >= 0.6 is 0 Å². The molecule has 3 aromatic carbocycles. The first-order valence-corrected chi connectivity index (χ1v) is 12.8. The smallest absolute Gasteiger partial charge is 0.201 e. The fourth-order valence-corrected chi connectivity index (χ4v) is 4.91. The minimum absolute atomic E-state index is 0.124. The van der Waals surface area contributed by atoms with Crippen molar-refractivity contribution in [3.63, 3.8) is 0 Å². The Balaban J connectivity index is 1.38. The second kappa shape index (κ2) is 12.1. The SMILES string of the molecule is CCCc1ccc(C2CCC(CCc3ccc(-c4ccc(OCC)c(F)c4F)c(F)c3F)CO2)c(F)c1. The zero-order chi connectivity index (χ0) is 26.5. The van der Waals surface area contributed by atoms with Crippen molar-refractivity contribution in [3.05, 3.63) is 88.2 Å². The van der Waals surface area contributed by atoms with Crippen LogP contribution in [0.25, 0.3) is 11.1 Å². The largest absolute Gasteiger partial charge is 0.491 e. The molecule has 1 aliphatic heterocycles. The van der Waals surface area contributed by atoms with Gasteiger partial charge in [-0.15, -0.1) is 0 Å². The van der Waals surface area contributed by atoms with Crippen LogP contribution in [-0.2, 0) is 17.6 Å². The van der Waals surface area contributed by atoms with Crippen LogP contribution in [0.3, 0.4) is 0 Å². The normalized spacial score (nSPS) is 17.7. The van der Waals surface area contributed by atoms with E-state index in [2.05, 4.69) is 0 Å². The Morgan fingerprint density at radius 1 is 0.811 bits per heavy atom. The Morgan fingerprint density at radius 2 is 1.54 bits per heavy atom. The molecule has 37 heavy (non-hydrogen) atoms. The first kappa shape index (κ1) is 27.1. The van der Waals surface area contributed by atoms with Crippen molar-refractivity contribution in [1.29, 1.82) is 0 Å². The van der Waals surface area contributed by atoms with Gasteiger partial charge < -0.3 is 9.47 Å². The summed E-state index contributed by atoms with van der Waals surface area (Å²) in [5.41, 5.74) is 0.961. The van der Waals surface area contributed by atoms with Gasteiger partial charge in [-0.2, -0.15) is 4.39 Å². The molecule has 0 bridgehead atoms. The Labute approximate surface area is 214 Å². The molecule has 0 spiro atoms. The van der Waals surface area contributed by atoms with E-state index in [9.17, 15) is 22.0 Å². The van der Waals surface area contributed by atoms with Gasteiger partial charge in [-0.05, 0) is 74.3 Å². The predicted molar refractivity (Wildman–Crippen MR) is 133 cm³/mol. The molecule has 7 heteroatoms. The maximum Gasteiger partial charge on any atom is 0.201 e. The van der Waals surface area contributed by atoms with Crippen molar-refractivity contribution in [3.8, 4) is 16.9 Å². The van der Waals surface area contributed by atoms with Crippen molar-refractivity contribution in [2.75, 3.05) is 13.2 Å². The van der Waals surface area contributed by atoms with Gasteiger partial charge in [-0.1, -0.05) is 37.6 Å². The van der Waals surface area contributed by atoms with Crippen LogP contribution in [0.4, 0.5) is 22.0 Å². The topological polar surface area (TPSA) is 18.5 Å². The highest BCUT2D eigenvalue weighted by molar-refractivity contribution is 5.66. The number of benzene rings is 3. The second-order valence-electron chi connectivity index (χ2n) is 9.48. The summed E-state index contributed by atoms with van der Waals surface area (Å²) in [6.07, 6.45) is 3.71. The summed E-state index contributed by atoms with van der Waals surface area (Å²) in [5, 5.41) is 0. The molecule has 2 nitrogen and oxygen atoms in total. The van der Waals surface area contributed by atoms with Gasteiger partial charge in [0, 0.05) is 16.7 Å². The van der Waals surface area contributed by atoms with Crippen LogP contribution in [0.2, 0.25) is 0 Å². The van der Waals surface area contributed by atoms with Gasteiger partial charge >= 0.3 is 0 Å². The minimum atomic E-state index is -1.29. The maximum absolute atomic E-state index is 14.9. The molecular weight excluding hydrogens is 487 g/mol. The zero-order valence-corrected chi connectivity index (χ0v) is 21.1. The van der Waals surface area contributed by atoms with E-state index < -0.39 is 23.3 Å². The molecule has 2 unspecified atom stereocenters. The van der Waals surface area contributed by atoms with Crippen LogP contribution in [0.15, 0.2) is 42.5 Å². The molecule has 0 saturated carbocycles. The van der Waals surface area contributed by atoms with Crippen LogP contribution < -0.4 is 4.74 Å². The van der Waals surface area contributed by atoms with Gasteiger partial charge in [0.05, 0.1) is 19.3 Å². The van der Waals surface area contributed by atoms with Crippen molar-refractivity contribution in [2.24, 2.45) is 5.92 Å². The lowest BCUT2D eigenvalue weighted by Gasteiger charge is -2.29. The van der Waals surface area contributed by atoms with E-state index in [1.807, 2.05) is 13.0 Å². The summed E-state index contributed by atoms with van der Waals surface area (Å²) in [4.78, 5) is 0. The van der Waals surface area contributed by atoms with E-state index in [1.165, 1.54) is 24.3 Å². The number of rotatable bonds is 9. The summed E-state index contributed by atoms with van der Waals surface area (Å²) in [6, 6.07) is 10.4. The fraction of sp³-hybridized carbons (Fsp3) is 0.400. The van der Waals surface area contributed by atoms with Crippen LogP contribution in [0, 0.1) is 35.0 Å². The Morgan fingerprint density at radius 3 is 2.19 bits per heavy atom. The van der Waals surface area contributed by atoms with E-state index in [4.69, 9.17) is 9.47 Å². The molecule has 0 aliphatic carbocycles. The third-order valence-electron chi connectivity index (χ3n) is 6.94. The molecule has 0 amide bonds. The van der Waals surface area contributed by atoms with Crippen molar-refractivity contribution < 1.29 is 31.4 Å². The molecule has 0 radical (unpaired) electrons. The van der Waals surface area contributed by atoms with Gasteiger partial charge in [0.15, 0.2) is 23.2 Å². The molecule has 1 saturated heterocycles. The first-order chi connectivity index (χ1) is 17.8. The number of hydrogen-bond donors (Lipinski definition) is 0. The average molecular weight is 519 g/mol. The van der Waals surface area contributed by atoms with Crippen molar-refractivity contribution in [2.45, 2.75) is 58.5 Å². The Kier molecular flexibility index (Phi) is 8.85. The minimum Gasteiger partial charge on any atom is -0.491 e. The van der Waals surface area contributed by atoms with Crippen LogP contribution in [-0.4, -0.2) is 13.2 Å². The van der Waals surface area contributed by atoms with Gasteiger partial charge in [-0.3, -0.25) is 0 Å². The Hall–Kier alpha value is -2.93. The molecule has 2 atom stereocenters. The van der Waals surface area contributed by atoms with Gasteiger partial charge in [0.1, 0.15) is 5.82 Å².